The fourth-order valence-electron chi connectivity index (χ4n) is 3.01. The van der Waals surface area contributed by atoms with E-state index in [9.17, 15) is 10.2 Å². The van der Waals surface area contributed by atoms with Crippen LogP contribution in [0.25, 0.3) is 0 Å². The molecule has 1 aliphatic carbocycles. The molecular weight excluding hydrogens is 226 g/mol. The Morgan fingerprint density at radius 1 is 1.28 bits per heavy atom. The number of phenols is 2. The van der Waals surface area contributed by atoms with E-state index in [1.54, 1.807) is 18.2 Å². The molecule has 0 bridgehead atoms. The second-order valence-corrected chi connectivity index (χ2v) is 6.03. The van der Waals surface area contributed by atoms with Gasteiger partial charge in [0.2, 0.25) is 0 Å². The second kappa shape index (κ2) is 4.81. The normalized spacial score (nSPS) is 24.1. The van der Waals surface area contributed by atoms with Gasteiger partial charge in [0.15, 0.2) is 0 Å². The predicted octanol–water partition coefficient (Wildman–Crippen LogP) is 3.33. The van der Waals surface area contributed by atoms with Crippen LogP contribution in [0, 0.1) is 5.41 Å². The minimum Gasteiger partial charge on any atom is -0.507 e. The molecule has 1 fully saturated rings. The van der Waals surface area contributed by atoms with Crippen molar-refractivity contribution < 1.29 is 10.2 Å². The summed E-state index contributed by atoms with van der Waals surface area (Å²) in [5.41, 5.74) is 0.883. The zero-order valence-electron chi connectivity index (χ0n) is 11.4. The SMILES string of the molecule is CC(NC1CCCC1(C)C)c1c(O)cccc1O. The van der Waals surface area contributed by atoms with Crippen molar-refractivity contribution in [2.45, 2.75) is 52.1 Å². The first-order chi connectivity index (χ1) is 8.42. The first-order valence-electron chi connectivity index (χ1n) is 6.69. The maximum absolute atomic E-state index is 9.87. The van der Waals surface area contributed by atoms with Crippen LogP contribution in [0.15, 0.2) is 18.2 Å². The molecular formula is C15H23NO2. The van der Waals surface area contributed by atoms with Crippen molar-refractivity contribution in [1.29, 1.82) is 0 Å². The molecule has 1 aliphatic rings. The molecule has 0 spiro atoms. The van der Waals surface area contributed by atoms with Gasteiger partial charge in [-0.1, -0.05) is 26.3 Å². The molecule has 1 aromatic rings. The van der Waals surface area contributed by atoms with Gasteiger partial charge in [-0.2, -0.15) is 0 Å². The summed E-state index contributed by atoms with van der Waals surface area (Å²) in [5.74, 6) is 0.316. The number of rotatable bonds is 3. The van der Waals surface area contributed by atoms with Crippen LogP contribution in [0.4, 0.5) is 0 Å². The van der Waals surface area contributed by atoms with Crippen LogP contribution in [0.2, 0.25) is 0 Å². The Kier molecular flexibility index (Phi) is 3.53. The van der Waals surface area contributed by atoms with Gasteiger partial charge in [-0.3, -0.25) is 0 Å². The molecule has 0 amide bonds. The fraction of sp³-hybridized carbons (Fsp3) is 0.600. The number of aromatic hydroxyl groups is 2. The number of hydrogen-bond donors (Lipinski definition) is 3. The van der Waals surface area contributed by atoms with Gasteiger partial charge < -0.3 is 15.5 Å². The Bertz CT molecular complexity index is 408. The van der Waals surface area contributed by atoms with Crippen molar-refractivity contribution in [2.75, 3.05) is 0 Å². The third-order valence-electron chi connectivity index (χ3n) is 4.20. The Morgan fingerprint density at radius 2 is 1.89 bits per heavy atom. The summed E-state index contributed by atoms with van der Waals surface area (Å²) in [6, 6.07) is 5.28. The largest absolute Gasteiger partial charge is 0.507 e. The molecule has 2 atom stereocenters. The van der Waals surface area contributed by atoms with Gasteiger partial charge in [-0.15, -0.1) is 0 Å². The summed E-state index contributed by atoms with van der Waals surface area (Å²) in [4.78, 5) is 0. The molecule has 2 unspecified atom stereocenters. The molecule has 18 heavy (non-hydrogen) atoms. The number of benzene rings is 1. The molecule has 3 nitrogen and oxygen atoms in total. The van der Waals surface area contributed by atoms with Crippen molar-refractivity contribution in [3.05, 3.63) is 23.8 Å². The number of nitrogens with one attached hydrogen (secondary N) is 1. The lowest BCUT2D eigenvalue weighted by Crippen LogP contribution is -2.39. The van der Waals surface area contributed by atoms with Crippen LogP contribution in [0.1, 0.15) is 51.6 Å². The fourth-order valence-corrected chi connectivity index (χ4v) is 3.01. The first-order valence-corrected chi connectivity index (χ1v) is 6.69. The van der Waals surface area contributed by atoms with E-state index in [-0.39, 0.29) is 23.0 Å². The monoisotopic (exact) mass is 249 g/mol. The number of hydrogen-bond acceptors (Lipinski definition) is 3. The van der Waals surface area contributed by atoms with Crippen molar-refractivity contribution in [3.63, 3.8) is 0 Å². The molecule has 0 saturated heterocycles. The molecule has 1 saturated carbocycles. The zero-order valence-corrected chi connectivity index (χ0v) is 11.4. The molecule has 0 heterocycles. The molecule has 0 aromatic heterocycles. The Morgan fingerprint density at radius 3 is 2.39 bits per heavy atom. The van der Waals surface area contributed by atoms with Crippen molar-refractivity contribution >= 4 is 0 Å². The predicted molar refractivity (Wildman–Crippen MR) is 72.7 cm³/mol. The summed E-state index contributed by atoms with van der Waals surface area (Å²) in [5, 5.41) is 23.3. The number of phenolic OH excluding ortho intramolecular Hbond substituents is 2. The van der Waals surface area contributed by atoms with Gasteiger partial charge in [-0.25, -0.2) is 0 Å². The summed E-state index contributed by atoms with van der Waals surface area (Å²) in [6.07, 6.45) is 3.62. The topological polar surface area (TPSA) is 52.5 Å². The summed E-state index contributed by atoms with van der Waals surface area (Å²) >= 11 is 0. The average molecular weight is 249 g/mol. The quantitative estimate of drug-likeness (QED) is 0.770. The highest BCUT2D eigenvalue weighted by Crippen LogP contribution is 2.40. The summed E-state index contributed by atoms with van der Waals surface area (Å²) in [7, 11) is 0. The van der Waals surface area contributed by atoms with Gasteiger partial charge in [0, 0.05) is 12.1 Å². The Balaban J connectivity index is 2.15. The Labute approximate surface area is 109 Å². The van der Waals surface area contributed by atoms with E-state index in [0.29, 0.717) is 11.6 Å². The molecule has 2 rings (SSSR count). The van der Waals surface area contributed by atoms with E-state index in [1.165, 1.54) is 12.8 Å². The van der Waals surface area contributed by atoms with Crippen LogP contribution >= 0.6 is 0 Å². The lowest BCUT2D eigenvalue weighted by molar-refractivity contribution is 0.263. The highest BCUT2D eigenvalue weighted by Gasteiger charge is 2.35. The summed E-state index contributed by atoms with van der Waals surface area (Å²) < 4.78 is 0. The van der Waals surface area contributed by atoms with Crippen molar-refractivity contribution in [2.24, 2.45) is 5.41 Å². The molecule has 100 valence electrons. The van der Waals surface area contributed by atoms with Gasteiger partial charge in [0.05, 0.1) is 5.56 Å². The van der Waals surface area contributed by atoms with E-state index in [0.717, 1.165) is 6.42 Å². The van der Waals surface area contributed by atoms with E-state index < -0.39 is 0 Å². The average Bonchev–Trinajstić information content (AvgIpc) is 2.58. The third kappa shape index (κ3) is 2.46. The minimum atomic E-state index is -0.0476. The van der Waals surface area contributed by atoms with Gasteiger partial charge >= 0.3 is 0 Å². The standard InChI is InChI=1S/C15H23NO2/c1-10(14-11(17)6-4-7-12(14)18)16-13-8-5-9-15(13,2)3/h4,6-7,10,13,16-18H,5,8-9H2,1-3H3. The van der Waals surface area contributed by atoms with Crippen LogP contribution in [-0.2, 0) is 0 Å². The van der Waals surface area contributed by atoms with Gasteiger partial charge in [-0.05, 0) is 37.3 Å². The van der Waals surface area contributed by atoms with Crippen LogP contribution in [-0.4, -0.2) is 16.3 Å². The van der Waals surface area contributed by atoms with E-state index >= 15 is 0 Å². The highest BCUT2D eigenvalue weighted by molar-refractivity contribution is 5.45. The van der Waals surface area contributed by atoms with Crippen LogP contribution < -0.4 is 5.32 Å². The third-order valence-corrected chi connectivity index (χ3v) is 4.20. The maximum Gasteiger partial charge on any atom is 0.124 e. The van der Waals surface area contributed by atoms with E-state index in [1.807, 2.05) is 6.92 Å². The molecule has 0 aliphatic heterocycles. The zero-order chi connectivity index (χ0) is 13.3. The molecule has 1 aromatic carbocycles. The van der Waals surface area contributed by atoms with Crippen molar-refractivity contribution in [1.82, 2.24) is 5.32 Å². The summed E-state index contributed by atoms with van der Waals surface area (Å²) in [6.45, 7) is 6.54. The molecule has 0 radical (unpaired) electrons. The van der Waals surface area contributed by atoms with Gasteiger partial charge in [0.25, 0.3) is 0 Å². The van der Waals surface area contributed by atoms with E-state index in [4.69, 9.17) is 0 Å². The van der Waals surface area contributed by atoms with Crippen LogP contribution in [0.3, 0.4) is 0 Å². The smallest absolute Gasteiger partial charge is 0.124 e. The van der Waals surface area contributed by atoms with Crippen molar-refractivity contribution in [3.8, 4) is 11.5 Å². The lowest BCUT2D eigenvalue weighted by Gasteiger charge is -2.31. The lowest BCUT2D eigenvalue weighted by atomic mass is 9.86. The highest BCUT2D eigenvalue weighted by atomic mass is 16.3. The maximum atomic E-state index is 9.87. The van der Waals surface area contributed by atoms with Crippen LogP contribution in [0.5, 0.6) is 11.5 Å². The van der Waals surface area contributed by atoms with E-state index in [2.05, 4.69) is 19.2 Å². The van der Waals surface area contributed by atoms with Gasteiger partial charge in [0.1, 0.15) is 11.5 Å². The minimum absolute atomic E-state index is 0.0476. The molecule has 3 N–H and O–H groups in total. The first kappa shape index (κ1) is 13.2. The second-order valence-electron chi connectivity index (χ2n) is 6.03. The molecule has 3 heteroatoms. The Hall–Kier alpha value is -1.22.